The van der Waals surface area contributed by atoms with E-state index in [0.717, 1.165) is 25.7 Å². The van der Waals surface area contributed by atoms with Crippen molar-refractivity contribution in [1.29, 1.82) is 0 Å². The summed E-state index contributed by atoms with van der Waals surface area (Å²) in [6, 6.07) is 0. The molecule has 2 atom stereocenters. The summed E-state index contributed by atoms with van der Waals surface area (Å²) < 4.78 is 0. The minimum atomic E-state index is 0.540. The van der Waals surface area contributed by atoms with Crippen molar-refractivity contribution in [3.8, 4) is 0 Å². The standard InChI is InChI=1S/C38H62/c1-13-15-18-22-29(7)25-36(37(28(5)6)31(9)21-14-2)32(10)26-33(11)38(34(12)27(3)4)35-24-20-17-16-19-23-30(35)8/h15,18,24,26-27,29-30H,5,13-14,16-17,19-23,25H2,1-4,6-12H3. The van der Waals surface area contributed by atoms with E-state index in [0.29, 0.717) is 17.8 Å². The Balaban J connectivity index is 3.80. The van der Waals surface area contributed by atoms with Crippen LogP contribution in [0.1, 0.15) is 140 Å². The summed E-state index contributed by atoms with van der Waals surface area (Å²) >= 11 is 0. The van der Waals surface area contributed by atoms with Gasteiger partial charge >= 0.3 is 0 Å². The second-order valence-electron chi connectivity index (χ2n) is 12.5. The van der Waals surface area contributed by atoms with E-state index >= 15 is 0 Å². The van der Waals surface area contributed by atoms with Crippen LogP contribution in [0.25, 0.3) is 0 Å². The van der Waals surface area contributed by atoms with Gasteiger partial charge in [0, 0.05) is 0 Å². The maximum atomic E-state index is 4.47. The van der Waals surface area contributed by atoms with Crippen LogP contribution in [-0.4, -0.2) is 0 Å². The van der Waals surface area contributed by atoms with Gasteiger partial charge in [0.15, 0.2) is 0 Å². The molecule has 2 unspecified atom stereocenters. The lowest BCUT2D eigenvalue weighted by molar-refractivity contribution is 0.532. The Kier molecular flexibility index (Phi) is 15.9. The maximum Gasteiger partial charge on any atom is -0.0188 e. The van der Waals surface area contributed by atoms with Gasteiger partial charge in [-0.05, 0) is 131 Å². The quantitative estimate of drug-likeness (QED) is 0.168. The molecular formula is C38H62. The Hall–Kier alpha value is -1.82. The molecule has 0 saturated carbocycles. The van der Waals surface area contributed by atoms with E-state index in [4.69, 9.17) is 0 Å². The van der Waals surface area contributed by atoms with Crippen molar-refractivity contribution >= 4 is 0 Å². The van der Waals surface area contributed by atoms with Crippen molar-refractivity contribution < 1.29 is 0 Å². The first-order chi connectivity index (χ1) is 18.0. The molecule has 0 bridgehead atoms. The number of allylic oxidation sites excluding steroid dienone is 13. The van der Waals surface area contributed by atoms with E-state index in [1.807, 2.05) is 0 Å². The molecular weight excluding hydrogens is 456 g/mol. The van der Waals surface area contributed by atoms with Crippen LogP contribution in [0.5, 0.6) is 0 Å². The highest BCUT2D eigenvalue weighted by atomic mass is 14.3. The molecule has 1 rings (SSSR count). The summed E-state index contributed by atoms with van der Waals surface area (Å²) in [6.07, 6.45) is 22.0. The maximum absolute atomic E-state index is 4.47. The molecule has 0 heteroatoms. The van der Waals surface area contributed by atoms with Crippen molar-refractivity contribution in [2.75, 3.05) is 0 Å². The molecule has 0 aliphatic heterocycles. The van der Waals surface area contributed by atoms with Crippen molar-refractivity contribution in [2.45, 2.75) is 140 Å². The van der Waals surface area contributed by atoms with Gasteiger partial charge in [-0.25, -0.2) is 0 Å². The Morgan fingerprint density at radius 1 is 1.00 bits per heavy atom. The topological polar surface area (TPSA) is 0 Å². The molecule has 0 aromatic rings. The summed E-state index contributed by atoms with van der Waals surface area (Å²) in [6.45, 7) is 30.2. The summed E-state index contributed by atoms with van der Waals surface area (Å²) in [7, 11) is 0. The van der Waals surface area contributed by atoms with E-state index in [1.165, 1.54) is 83.1 Å². The third-order valence-electron chi connectivity index (χ3n) is 8.36. The van der Waals surface area contributed by atoms with Gasteiger partial charge < -0.3 is 0 Å². The molecule has 38 heavy (non-hydrogen) atoms. The minimum Gasteiger partial charge on any atom is -0.0955 e. The van der Waals surface area contributed by atoms with Crippen LogP contribution in [0.2, 0.25) is 0 Å². The van der Waals surface area contributed by atoms with E-state index in [2.05, 4.69) is 107 Å². The molecule has 0 amide bonds. The van der Waals surface area contributed by atoms with Crippen LogP contribution in [0, 0.1) is 17.8 Å². The molecule has 0 aromatic heterocycles. The van der Waals surface area contributed by atoms with Gasteiger partial charge in [-0.15, -0.1) is 0 Å². The lowest BCUT2D eigenvalue weighted by Crippen LogP contribution is -2.10. The highest BCUT2D eigenvalue weighted by Gasteiger charge is 2.21. The molecule has 0 nitrogen and oxygen atoms in total. The van der Waals surface area contributed by atoms with E-state index < -0.39 is 0 Å². The van der Waals surface area contributed by atoms with Crippen LogP contribution >= 0.6 is 0 Å². The zero-order valence-electron chi connectivity index (χ0n) is 27.3. The number of rotatable bonds is 13. The summed E-state index contributed by atoms with van der Waals surface area (Å²) in [5, 5.41) is 0. The van der Waals surface area contributed by atoms with Crippen molar-refractivity contribution in [2.24, 2.45) is 17.8 Å². The average Bonchev–Trinajstić information content (AvgIpc) is 2.83. The smallest absolute Gasteiger partial charge is 0.0188 e. The average molecular weight is 519 g/mol. The van der Waals surface area contributed by atoms with E-state index in [-0.39, 0.29) is 0 Å². The number of hydrogen-bond donors (Lipinski definition) is 0. The second kappa shape index (κ2) is 17.7. The van der Waals surface area contributed by atoms with Crippen LogP contribution in [0.4, 0.5) is 0 Å². The fraction of sp³-hybridized carbons (Fsp3) is 0.632. The van der Waals surface area contributed by atoms with E-state index in [9.17, 15) is 0 Å². The Morgan fingerprint density at radius 3 is 2.26 bits per heavy atom. The third kappa shape index (κ3) is 10.7. The Bertz CT molecular complexity index is 950. The lowest BCUT2D eigenvalue weighted by Gasteiger charge is -2.26. The van der Waals surface area contributed by atoms with Gasteiger partial charge in [0.2, 0.25) is 0 Å². The fourth-order valence-corrected chi connectivity index (χ4v) is 6.04. The van der Waals surface area contributed by atoms with Crippen LogP contribution in [0.3, 0.4) is 0 Å². The zero-order chi connectivity index (χ0) is 28.8. The lowest BCUT2D eigenvalue weighted by atomic mass is 9.79. The van der Waals surface area contributed by atoms with Crippen molar-refractivity contribution in [1.82, 2.24) is 0 Å². The molecule has 1 aliphatic carbocycles. The molecule has 0 fully saturated rings. The molecule has 214 valence electrons. The number of hydrogen-bond acceptors (Lipinski definition) is 0. The van der Waals surface area contributed by atoms with Crippen molar-refractivity contribution in [3.05, 3.63) is 81.0 Å². The highest BCUT2D eigenvalue weighted by Crippen LogP contribution is 2.38. The van der Waals surface area contributed by atoms with Gasteiger partial charge in [0.1, 0.15) is 0 Å². The second-order valence-corrected chi connectivity index (χ2v) is 12.5. The molecule has 0 heterocycles. The van der Waals surface area contributed by atoms with Crippen LogP contribution in [0.15, 0.2) is 81.0 Å². The van der Waals surface area contributed by atoms with Gasteiger partial charge in [-0.1, -0.05) is 108 Å². The van der Waals surface area contributed by atoms with Gasteiger partial charge in [-0.3, -0.25) is 0 Å². The molecule has 1 aliphatic rings. The summed E-state index contributed by atoms with van der Waals surface area (Å²) in [5.74, 6) is 1.76. The SMILES string of the molecule is C=C(C)C(=C(C)CCC)C(CC(C)CC=CCC)=C(C)C=C(C)C(C1=CCCCCCC1C)=C(C)C(C)C. The molecule has 0 radical (unpaired) electrons. The molecule has 0 saturated heterocycles. The third-order valence-corrected chi connectivity index (χ3v) is 8.36. The molecule has 0 spiro atoms. The van der Waals surface area contributed by atoms with Crippen LogP contribution < -0.4 is 0 Å². The first-order valence-corrected chi connectivity index (χ1v) is 15.8. The van der Waals surface area contributed by atoms with Crippen molar-refractivity contribution in [3.63, 3.8) is 0 Å². The predicted molar refractivity (Wildman–Crippen MR) is 175 cm³/mol. The predicted octanol–water partition coefficient (Wildman–Crippen LogP) is 12.8. The normalized spacial score (nSPS) is 20.4. The summed E-state index contributed by atoms with van der Waals surface area (Å²) in [5.41, 5.74) is 13.1. The van der Waals surface area contributed by atoms with Gasteiger partial charge in [-0.2, -0.15) is 0 Å². The van der Waals surface area contributed by atoms with Gasteiger partial charge in [0.25, 0.3) is 0 Å². The molecule has 0 aromatic carbocycles. The summed E-state index contributed by atoms with van der Waals surface area (Å²) in [4.78, 5) is 0. The van der Waals surface area contributed by atoms with Gasteiger partial charge in [0.05, 0.1) is 0 Å². The first kappa shape index (κ1) is 34.2. The minimum absolute atomic E-state index is 0.540. The monoisotopic (exact) mass is 518 g/mol. The Morgan fingerprint density at radius 2 is 1.68 bits per heavy atom. The largest absolute Gasteiger partial charge is 0.0955 e. The fourth-order valence-electron chi connectivity index (χ4n) is 6.04. The van der Waals surface area contributed by atoms with Crippen LogP contribution in [-0.2, 0) is 0 Å². The zero-order valence-corrected chi connectivity index (χ0v) is 27.3. The Labute approximate surface area is 238 Å². The highest BCUT2D eigenvalue weighted by molar-refractivity contribution is 5.56. The first-order valence-electron chi connectivity index (χ1n) is 15.8. The molecule has 0 N–H and O–H groups in total. The van der Waals surface area contributed by atoms with E-state index in [1.54, 1.807) is 5.57 Å².